The van der Waals surface area contributed by atoms with Crippen LogP contribution >= 0.6 is 11.6 Å². The first-order valence-electron chi connectivity index (χ1n) is 9.96. The Balaban J connectivity index is 1.37. The molecular weight excluding hydrogens is 374 g/mol. The smallest absolute Gasteiger partial charge is 0.227 e. The van der Waals surface area contributed by atoms with Gasteiger partial charge >= 0.3 is 0 Å². The molecule has 3 heterocycles. The molecule has 28 heavy (non-hydrogen) atoms. The zero-order valence-corrected chi connectivity index (χ0v) is 17.0. The van der Waals surface area contributed by atoms with E-state index in [-0.39, 0.29) is 5.91 Å². The number of amides is 1. The van der Waals surface area contributed by atoms with E-state index in [2.05, 4.69) is 14.8 Å². The van der Waals surface area contributed by atoms with Gasteiger partial charge in [-0.2, -0.15) is 4.98 Å². The number of anilines is 2. The van der Waals surface area contributed by atoms with Crippen LogP contribution in [0.3, 0.4) is 0 Å². The lowest BCUT2D eigenvalue weighted by Gasteiger charge is -2.36. The molecule has 0 radical (unpaired) electrons. The third kappa shape index (κ3) is 4.38. The fourth-order valence-electron chi connectivity index (χ4n) is 3.83. The monoisotopic (exact) mass is 399 g/mol. The van der Waals surface area contributed by atoms with Crippen molar-refractivity contribution in [1.29, 1.82) is 0 Å². The second kappa shape index (κ2) is 8.35. The van der Waals surface area contributed by atoms with Gasteiger partial charge in [-0.3, -0.25) is 4.79 Å². The maximum atomic E-state index is 12.6. The van der Waals surface area contributed by atoms with Gasteiger partial charge in [0, 0.05) is 56.1 Å². The summed E-state index contributed by atoms with van der Waals surface area (Å²) in [6.45, 7) is 7.12. The highest BCUT2D eigenvalue weighted by Gasteiger charge is 2.23. The molecule has 0 bridgehead atoms. The van der Waals surface area contributed by atoms with E-state index in [1.165, 1.54) is 12.8 Å². The molecule has 0 aliphatic carbocycles. The van der Waals surface area contributed by atoms with Crippen LogP contribution in [0, 0.1) is 6.92 Å². The standard InChI is InChI=1S/C21H26ClN5O/c1-16-14-19(24-21(23-16)27-8-2-3-9-27)25-10-12-26(13-11-25)20(28)15-17-4-6-18(22)7-5-17/h4-7,14H,2-3,8-13,15H2,1H3. The summed E-state index contributed by atoms with van der Waals surface area (Å²) in [7, 11) is 0. The van der Waals surface area contributed by atoms with Crippen molar-refractivity contribution in [3.63, 3.8) is 0 Å². The number of aryl methyl sites for hydroxylation is 1. The van der Waals surface area contributed by atoms with E-state index >= 15 is 0 Å². The molecule has 1 aromatic carbocycles. The Morgan fingerprint density at radius 3 is 2.32 bits per heavy atom. The molecule has 0 spiro atoms. The number of benzene rings is 1. The number of carbonyl (C=O) groups excluding carboxylic acids is 1. The molecule has 2 fully saturated rings. The van der Waals surface area contributed by atoms with Crippen molar-refractivity contribution < 1.29 is 4.79 Å². The summed E-state index contributed by atoms with van der Waals surface area (Å²) >= 11 is 5.92. The molecule has 4 rings (SSSR count). The predicted octanol–water partition coefficient (Wildman–Crippen LogP) is 2.93. The molecular formula is C21H26ClN5O. The van der Waals surface area contributed by atoms with Crippen LogP contribution in [-0.4, -0.2) is 60.0 Å². The second-order valence-corrected chi connectivity index (χ2v) is 7.97. The predicted molar refractivity (Wildman–Crippen MR) is 112 cm³/mol. The molecule has 2 aliphatic rings. The number of hydrogen-bond donors (Lipinski definition) is 0. The van der Waals surface area contributed by atoms with Crippen LogP contribution < -0.4 is 9.80 Å². The summed E-state index contributed by atoms with van der Waals surface area (Å²) in [5.41, 5.74) is 1.99. The maximum Gasteiger partial charge on any atom is 0.227 e. The van der Waals surface area contributed by atoms with E-state index in [4.69, 9.17) is 16.6 Å². The van der Waals surface area contributed by atoms with Gasteiger partial charge in [-0.05, 0) is 37.5 Å². The van der Waals surface area contributed by atoms with Crippen molar-refractivity contribution >= 4 is 29.3 Å². The summed E-state index contributed by atoms with van der Waals surface area (Å²) < 4.78 is 0. The fourth-order valence-corrected chi connectivity index (χ4v) is 3.96. The van der Waals surface area contributed by atoms with Gasteiger partial charge in [-0.15, -0.1) is 0 Å². The van der Waals surface area contributed by atoms with Gasteiger partial charge in [-0.1, -0.05) is 23.7 Å². The van der Waals surface area contributed by atoms with E-state index < -0.39 is 0 Å². The molecule has 0 atom stereocenters. The quantitative estimate of drug-likeness (QED) is 0.791. The van der Waals surface area contributed by atoms with E-state index in [9.17, 15) is 4.79 Å². The fraction of sp³-hybridized carbons (Fsp3) is 0.476. The molecule has 1 amide bonds. The van der Waals surface area contributed by atoms with Gasteiger partial charge in [-0.25, -0.2) is 4.98 Å². The molecule has 0 N–H and O–H groups in total. The van der Waals surface area contributed by atoms with Crippen molar-refractivity contribution in [2.75, 3.05) is 49.1 Å². The Morgan fingerprint density at radius 2 is 1.64 bits per heavy atom. The molecule has 0 unspecified atom stereocenters. The van der Waals surface area contributed by atoms with E-state index in [0.29, 0.717) is 24.5 Å². The van der Waals surface area contributed by atoms with Crippen LogP contribution in [0.25, 0.3) is 0 Å². The number of aromatic nitrogens is 2. The van der Waals surface area contributed by atoms with Gasteiger partial charge in [0.1, 0.15) is 5.82 Å². The van der Waals surface area contributed by atoms with Crippen LogP contribution in [-0.2, 0) is 11.2 Å². The lowest BCUT2D eigenvalue weighted by molar-refractivity contribution is -0.130. The Morgan fingerprint density at radius 1 is 0.964 bits per heavy atom. The maximum absolute atomic E-state index is 12.6. The van der Waals surface area contributed by atoms with Crippen molar-refractivity contribution in [3.05, 3.63) is 46.6 Å². The molecule has 1 aromatic heterocycles. The van der Waals surface area contributed by atoms with E-state index in [0.717, 1.165) is 49.2 Å². The Kier molecular flexibility index (Phi) is 5.67. The molecule has 2 aromatic rings. The average molecular weight is 400 g/mol. The Hall–Kier alpha value is -2.34. The van der Waals surface area contributed by atoms with E-state index in [1.54, 1.807) is 0 Å². The Bertz CT molecular complexity index is 827. The van der Waals surface area contributed by atoms with E-state index in [1.807, 2.05) is 42.2 Å². The van der Waals surface area contributed by atoms with Crippen LogP contribution in [0.4, 0.5) is 11.8 Å². The highest BCUT2D eigenvalue weighted by Crippen LogP contribution is 2.22. The number of halogens is 1. The minimum absolute atomic E-state index is 0.165. The number of rotatable bonds is 4. The Labute approximate surface area is 171 Å². The molecule has 0 saturated carbocycles. The lowest BCUT2D eigenvalue weighted by atomic mass is 10.1. The third-order valence-corrected chi connectivity index (χ3v) is 5.69. The molecule has 7 heteroatoms. The number of carbonyl (C=O) groups is 1. The SMILES string of the molecule is Cc1cc(N2CCN(C(=O)Cc3ccc(Cl)cc3)CC2)nc(N2CCCC2)n1. The van der Waals surface area contributed by atoms with Gasteiger partial charge in [0.15, 0.2) is 0 Å². The van der Waals surface area contributed by atoms with Crippen LogP contribution in [0.15, 0.2) is 30.3 Å². The summed E-state index contributed by atoms with van der Waals surface area (Å²) in [4.78, 5) is 28.5. The summed E-state index contributed by atoms with van der Waals surface area (Å²) in [5, 5.41) is 0.693. The number of piperazine rings is 1. The number of nitrogens with zero attached hydrogens (tertiary/aromatic N) is 5. The first-order valence-corrected chi connectivity index (χ1v) is 10.3. The molecule has 6 nitrogen and oxygen atoms in total. The van der Waals surface area contributed by atoms with Crippen LogP contribution in [0.1, 0.15) is 24.1 Å². The zero-order valence-electron chi connectivity index (χ0n) is 16.3. The largest absolute Gasteiger partial charge is 0.353 e. The second-order valence-electron chi connectivity index (χ2n) is 7.53. The normalized spacial score (nSPS) is 17.3. The highest BCUT2D eigenvalue weighted by molar-refractivity contribution is 6.30. The lowest BCUT2D eigenvalue weighted by Crippen LogP contribution is -2.49. The van der Waals surface area contributed by atoms with Crippen molar-refractivity contribution in [1.82, 2.24) is 14.9 Å². The topological polar surface area (TPSA) is 52.6 Å². The van der Waals surface area contributed by atoms with Crippen molar-refractivity contribution in [3.8, 4) is 0 Å². The van der Waals surface area contributed by atoms with Crippen LogP contribution in [0.5, 0.6) is 0 Å². The molecule has 148 valence electrons. The number of hydrogen-bond acceptors (Lipinski definition) is 5. The first kappa shape index (κ1) is 19.0. The average Bonchev–Trinajstić information content (AvgIpc) is 3.24. The molecule has 2 aliphatic heterocycles. The van der Waals surface area contributed by atoms with Gasteiger partial charge in [0.25, 0.3) is 0 Å². The van der Waals surface area contributed by atoms with Crippen molar-refractivity contribution in [2.24, 2.45) is 0 Å². The summed E-state index contributed by atoms with van der Waals surface area (Å²) in [5.74, 6) is 1.98. The third-order valence-electron chi connectivity index (χ3n) is 5.44. The summed E-state index contributed by atoms with van der Waals surface area (Å²) in [6.07, 6.45) is 2.84. The highest BCUT2D eigenvalue weighted by atomic mass is 35.5. The van der Waals surface area contributed by atoms with Gasteiger partial charge in [0.2, 0.25) is 11.9 Å². The van der Waals surface area contributed by atoms with Crippen molar-refractivity contribution in [2.45, 2.75) is 26.2 Å². The van der Waals surface area contributed by atoms with Crippen LogP contribution in [0.2, 0.25) is 5.02 Å². The molecule has 2 saturated heterocycles. The minimum Gasteiger partial charge on any atom is -0.353 e. The first-order chi connectivity index (χ1) is 13.6. The zero-order chi connectivity index (χ0) is 19.5. The van der Waals surface area contributed by atoms with Gasteiger partial charge in [0.05, 0.1) is 6.42 Å². The van der Waals surface area contributed by atoms with Gasteiger partial charge < -0.3 is 14.7 Å². The summed E-state index contributed by atoms with van der Waals surface area (Å²) in [6, 6.07) is 9.54. The minimum atomic E-state index is 0.165.